The van der Waals surface area contributed by atoms with Crippen LogP contribution in [0, 0.1) is 0 Å². The van der Waals surface area contributed by atoms with Gasteiger partial charge in [-0.15, -0.1) is 0 Å². The van der Waals surface area contributed by atoms with E-state index in [4.69, 9.17) is 0 Å². The second kappa shape index (κ2) is 4.85. The molecule has 1 aliphatic heterocycles. The summed E-state index contributed by atoms with van der Waals surface area (Å²) in [7, 11) is 0. The van der Waals surface area contributed by atoms with Gasteiger partial charge >= 0.3 is 0 Å². The number of aromatic amines is 1. The van der Waals surface area contributed by atoms with Crippen LogP contribution in [0.25, 0.3) is 0 Å². The molecule has 0 saturated heterocycles. The third-order valence-corrected chi connectivity index (χ3v) is 3.38. The Balaban J connectivity index is 1.74. The number of nitrogens with one attached hydrogen (secondary N) is 3. The normalized spacial score (nSPS) is 15.0. The SMILES string of the molecule is CC(NC(=O)c1ccc2c(c1)CNC2)c1ncc[nH]1. The Morgan fingerprint density at radius 3 is 3.00 bits per heavy atom. The molecule has 0 saturated carbocycles. The van der Waals surface area contributed by atoms with Crippen LogP contribution in [0.15, 0.2) is 30.6 Å². The smallest absolute Gasteiger partial charge is 0.251 e. The maximum absolute atomic E-state index is 12.2. The Hall–Kier alpha value is -2.14. The molecule has 1 aromatic carbocycles. The van der Waals surface area contributed by atoms with Gasteiger partial charge in [0.1, 0.15) is 5.82 Å². The minimum atomic E-state index is -0.131. The molecule has 1 aliphatic rings. The van der Waals surface area contributed by atoms with E-state index in [1.807, 2.05) is 25.1 Å². The van der Waals surface area contributed by atoms with Crippen LogP contribution in [0.3, 0.4) is 0 Å². The summed E-state index contributed by atoms with van der Waals surface area (Å²) in [5, 5.41) is 6.21. The van der Waals surface area contributed by atoms with E-state index >= 15 is 0 Å². The van der Waals surface area contributed by atoms with E-state index in [2.05, 4.69) is 20.6 Å². The van der Waals surface area contributed by atoms with Crippen LogP contribution in [-0.2, 0) is 13.1 Å². The lowest BCUT2D eigenvalue weighted by Crippen LogP contribution is -2.27. The largest absolute Gasteiger partial charge is 0.347 e. The molecule has 3 rings (SSSR count). The number of H-pyrrole nitrogens is 1. The summed E-state index contributed by atoms with van der Waals surface area (Å²) < 4.78 is 0. The average Bonchev–Trinajstić information content (AvgIpc) is 3.09. The molecule has 1 atom stereocenters. The number of carbonyl (C=O) groups excluding carboxylic acids is 1. The van der Waals surface area contributed by atoms with Crippen LogP contribution >= 0.6 is 0 Å². The van der Waals surface area contributed by atoms with Gasteiger partial charge in [0.15, 0.2) is 0 Å². The fourth-order valence-electron chi connectivity index (χ4n) is 2.30. The van der Waals surface area contributed by atoms with E-state index in [1.165, 1.54) is 11.1 Å². The average molecular weight is 256 g/mol. The molecule has 0 aliphatic carbocycles. The van der Waals surface area contributed by atoms with Gasteiger partial charge in [-0.25, -0.2) is 4.98 Å². The molecule has 1 amide bonds. The minimum Gasteiger partial charge on any atom is -0.347 e. The Morgan fingerprint density at radius 2 is 2.21 bits per heavy atom. The number of aromatic nitrogens is 2. The Kier molecular flexibility index (Phi) is 3.05. The standard InChI is InChI=1S/C14H16N4O/c1-9(13-16-4-5-17-13)18-14(19)10-2-3-11-7-15-8-12(11)6-10/h2-6,9,15H,7-8H2,1H3,(H,16,17)(H,18,19). The lowest BCUT2D eigenvalue weighted by Gasteiger charge is -2.12. The van der Waals surface area contributed by atoms with E-state index in [-0.39, 0.29) is 11.9 Å². The molecular formula is C14H16N4O. The fourth-order valence-corrected chi connectivity index (χ4v) is 2.30. The summed E-state index contributed by atoms with van der Waals surface area (Å²) in [5.41, 5.74) is 3.18. The molecule has 98 valence electrons. The highest BCUT2D eigenvalue weighted by molar-refractivity contribution is 5.94. The second-order valence-electron chi connectivity index (χ2n) is 4.76. The molecule has 1 unspecified atom stereocenters. The van der Waals surface area contributed by atoms with Crippen molar-refractivity contribution in [3.05, 3.63) is 53.1 Å². The second-order valence-corrected chi connectivity index (χ2v) is 4.76. The van der Waals surface area contributed by atoms with Crippen molar-refractivity contribution in [3.63, 3.8) is 0 Å². The third-order valence-electron chi connectivity index (χ3n) is 3.38. The number of benzene rings is 1. The highest BCUT2D eigenvalue weighted by atomic mass is 16.1. The zero-order valence-electron chi connectivity index (χ0n) is 10.7. The van der Waals surface area contributed by atoms with Gasteiger partial charge in [-0.05, 0) is 30.2 Å². The van der Waals surface area contributed by atoms with Gasteiger partial charge < -0.3 is 15.6 Å². The van der Waals surface area contributed by atoms with Crippen LogP contribution in [0.2, 0.25) is 0 Å². The lowest BCUT2D eigenvalue weighted by atomic mass is 10.1. The topological polar surface area (TPSA) is 69.8 Å². The summed E-state index contributed by atoms with van der Waals surface area (Å²) in [5.74, 6) is 0.690. The predicted octanol–water partition coefficient (Wildman–Crippen LogP) is 1.50. The fraction of sp³-hybridized carbons (Fsp3) is 0.286. The molecule has 0 bridgehead atoms. The number of rotatable bonds is 3. The first-order valence-corrected chi connectivity index (χ1v) is 6.36. The highest BCUT2D eigenvalue weighted by Gasteiger charge is 2.16. The van der Waals surface area contributed by atoms with Crippen molar-refractivity contribution >= 4 is 5.91 Å². The van der Waals surface area contributed by atoms with E-state index in [1.54, 1.807) is 12.4 Å². The van der Waals surface area contributed by atoms with Crippen molar-refractivity contribution in [2.24, 2.45) is 0 Å². The van der Waals surface area contributed by atoms with Crippen LogP contribution in [0.5, 0.6) is 0 Å². The summed E-state index contributed by atoms with van der Waals surface area (Å²) in [6, 6.07) is 5.71. The highest BCUT2D eigenvalue weighted by Crippen LogP contribution is 2.17. The molecule has 0 radical (unpaired) electrons. The molecular weight excluding hydrogens is 240 g/mol. The van der Waals surface area contributed by atoms with Gasteiger partial charge in [0.25, 0.3) is 5.91 Å². The number of carbonyl (C=O) groups is 1. The first kappa shape index (κ1) is 11.9. The Morgan fingerprint density at radius 1 is 1.37 bits per heavy atom. The lowest BCUT2D eigenvalue weighted by molar-refractivity contribution is 0.0938. The predicted molar refractivity (Wildman–Crippen MR) is 71.5 cm³/mol. The maximum atomic E-state index is 12.2. The summed E-state index contributed by atoms with van der Waals surface area (Å²) in [6.45, 7) is 3.63. The van der Waals surface area contributed by atoms with E-state index in [0.29, 0.717) is 5.56 Å². The summed E-state index contributed by atoms with van der Waals surface area (Å²) in [6.07, 6.45) is 3.43. The zero-order chi connectivity index (χ0) is 13.2. The maximum Gasteiger partial charge on any atom is 0.251 e. The van der Waals surface area contributed by atoms with Crippen molar-refractivity contribution < 1.29 is 4.79 Å². The van der Waals surface area contributed by atoms with E-state index in [0.717, 1.165) is 18.9 Å². The van der Waals surface area contributed by atoms with Crippen molar-refractivity contribution in [1.82, 2.24) is 20.6 Å². The van der Waals surface area contributed by atoms with Crippen molar-refractivity contribution in [2.75, 3.05) is 0 Å². The van der Waals surface area contributed by atoms with Crippen LogP contribution in [0.1, 0.15) is 40.3 Å². The van der Waals surface area contributed by atoms with E-state index < -0.39 is 0 Å². The number of nitrogens with zero attached hydrogens (tertiary/aromatic N) is 1. The number of fused-ring (bicyclic) bond motifs is 1. The zero-order valence-corrected chi connectivity index (χ0v) is 10.7. The van der Waals surface area contributed by atoms with Crippen molar-refractivity contribution in [1.29, 1.82) is 0 Å². The van der Waals surface area contributed by atoms with Gasteiger partial charge in [-0.1, -0.05) is 6.07 Å². The monoisotopic (exact) mass is 256 g/mol. The van der Waals surface area contributed by atoms with Gasteiger partial charge in [0, 0.05) is 31.0 Å². The van der Waals surface area contributed by atoms with Gasteiger partial charge in [-0.2, -0.15) is 0 Å². The molecule has 3 N–H and O–H groups in total. The summed E-state index contributed by atoms with van der Waals surface area (Å²) >= 11 is 0. The first-order valence-electron chi connectivity index (χ1n) is 6.36. The molecule has 19 heavy (non-hydrogen) atoms. The molecule has 2 aromatic rings. The molecule has 0 spiro atoms. The number of hydrogen-bond acceptors (Lipinski definition) is 3. The van der Waals surface area contributed by atoms with E-state index in [9.17, 15) is 4.79 Å². The molecule has 0 fully saturated rings. The molecule has 5 nitrogen and oxygen atoms in total. The van der Waals surface area contributed by atoms with Crippen molar-refractivity contribution in [2.45, 2.75) is 26.1 Å². The Labute approximate surface area is 111 Å². The molecule has 2 heterocycles. The summed E-state index contributed by atoms with van der Waals surface area (Å²) in [4.78, 5) is 19.3. The van der Waals surface area contributed by atoms with Crippen LogP contribution in [0.4, 0.5) is 0 Å². The molecule has 5 heteroatoms. The van der Waals surface area contributed by atoms with Gasteiger partial charge in [0.2, 0.25) is 0 Å². The van der Waals surface area contributed by atoms with Crippen molar-refractivity contribution in [3.8, 4) is 0 Å². The molecule has 1 aromatic heterocycles. The van der Waals surface area contributed by atoms with Crippen LogP contribution in [-0.4, -0.2) is 15.9 Å². The minimum absolute atomic E-state index is 0.0707. The number of amides is 1. The van der Waals surface area contributed by atoms with Gasteiger partial charge in [-0.3, -0.25) is 4.79 Å². The Bertz CT molecular complexity index is 591. The van der Waals surface area contributed by atoms with Gasteiger partial charge in [0.05, 0.1) is 6.04 Å². The first-order chi connectivity index (χ1) is 9.24. The number of hydrogen-bond donors (Lipinski definition) is 3. The quantitative estimate of drug-likeness (QED) is 0.779. The third kappa shape index (κ3) is 2.37. The van der Waals surface area contributed by atoms with Crippen LogP contribution < -0.4 is 10.6 Å². The number of imidazole rings is 1.